The molecular formula is C10H11N3O2S. The van der Waals surface area contributed by atoms with Crippen LogP contribution in [0.5, 0.6) is 0 Å². The molecule has 0 unspecified atom stereocenters. The SMILES string of the molecule is COC(=O)c1sccc1-n1nnc(C)c1C. The Labute approximate surface area is 96.7 Å². The molecular weight excluding hydrogens is 226 g/mol. The molecule has 2 heterocycles. The fraction of sp³-hybridized carbons (Fsp3) is 0.300. The van der Waals surface area contributed by atoms with Crippen molar-refractivity contribution in [1.82, 2.24) is 15.0 Å². The van der Waals surface area contributed by atoms with Crippen LogP contribution in [0.2, 0.25) is 0 Å². The molecule has 84 valence electrons. The Hall–Kier alpha value is -1.69. The van der Waals surface area contributed by atoms with Gasteiger partial charge in [-0.25, -0.2) is 9.48 Å². The Morgan fingerprint density at radius 1 is 1.50 bits per heavy atom. The van der Waals surface area contributed by atoms with Crippen molar-refractivity contribution in [3.63, 3.8) is 0 Å². The van der Waals surface area contributed by atoms with Gasteiger partial charge in [-0.05, 0) is 25.3 Å². The van der Waals surface area contributed by atoms with Crippen LogP contribution in [-0.2, 0) is 4.74 Å². The predicted octanol–water partition coefficient (Wildman–Crippen LogP) is 1.73. The summed E-state index contributed by atoms with van der Waals surface area (Å²) in [5.74, 6) is -0.349. The number of hydrogen-bond donors (Lipinski definition) is 0. The van der Waals surface area contributed by atoms with Crippen LogP contribution in [-0.4, -0.2) is 28.1 Å². The van der Waals surface area contributed by atoms with E-state index in [9.17, 15) is 4.79 Å². The third kappa shape index (κ3) is 1.61. The van der Waals surface area contributed by atoms with E-state index in [0.29, 0.717) is 4.88 Å². The minimum absolute atomic E-state index is 0.349. The summed E-state index contributed by atoms with van der Waals surface area (Å²) in [6.07, 6.45) is 0. The zero-order valence-electron chi connectivity index (χ0n) is 9.22. The fourth-order valence-electron chi connectivity index (χ4n) is 1.35. The van der Waals surface area contributed by atoms with Crippen LogP contribution in [0.15, 0.2) is 11.4 Å². The quantitative estimate of drug-likeness (QED) is 0.746. The van der Waals surface area contributed by atoms with Gasteiger partial charge in [0.2, 0.25) is 0 Å². The third-order valence-electron chi connectivity index (χ3n) is 2.37. The van der Waals surface area contributed by atoms with Crippen LogP contribution in [0, 0.1) is 13.8 Å². The number of rotatable bonds is 2. The van der Waals surface area contributed by atoms with Crippen molar-refractivity contribution in [1.29, 1.82) is 0 Å². The third-order valence-corrected chi connectivity index (χ3v) is 3.25. The number of ether oxygens (including phenoxy) is 1. The largest absolute Gasteiger partial charge is 0.465 e. The lowest BCUT2D eigenvalue weighted by Crippen LogP contribution is -2.06. The van der Waals surface area contributed by atoms with E-state index >= 15 is 0 Å². The second kappa shape index (κ2) is 4.05. The first kappa shape index (κ1) is 10.8. The average molecular weight is 237 g/mol. The van der Waals surface area contributed by atoms with E-state index < -0.39 is 0 Å². The van der Waals surface area contributed by atoms with E-state index in [2.05, 4.69) is 10.3 Å². The van der Waals surface area contributed by atoms with Crippen LogP contribution < -0.4 is 0 Å². The molecule has 0 atom stereocenters. The molecule has 0 saturated carbocycles. The number of thiophene rings is 1. The summed E-state index contributed by atoms with van der Waals surface area (Å²) < 4.78 is 6.36. The summed E-state index contributed by atoms with van der Waals surface area (Å²) in [5, 5.41) is 9.80. The molecule has 6 heteroatoms. The maximum Gasteiger partial charge on any atom is 0.350 e. The van der Waals surface area contributed by atoms with Gasteiger partial charge in [-0.3, -0.25) is 0 Å². The molecule has 0 radical (unpaired) electrons. The molecule has 5 nitrogen and oxygen atoms in total. The van der Waals surface area contributed by atoms with Gasteiger partial charge < -0.3 is 4.74 Å². The maximum absolute atomic E-state index is 11.5. The lowest BCUT2D eigenvalue weighted by molar-refractivity contribution is 0.0606. The first-order valence-corrected chi connectivity index (χ1v) is 5.58. The van der Waals surface area contributed by atoms with Gasteiger partial charge in [0.1, 0.15) is 4.88 Å². The second-order valence-corrected chi connectivity index (χ2v) is 4.21. The van der Waals surface area contributed by atoms with Crippen molar-refractivity contribution in [3.8, 4) is 5.69 Å². The van der Waals surface area contributed by atoms with Crippen LogP contribution in [0.3, 0.4) is 0 Å². The monoisotopic (exact) mass is 237 g/mol. The average Bonchev–Trinajstić information content (AvgIpc) is 2.86. The van der Waals surface area contributed by atoms with Gasteiger partial charge >= 0.3 is 5.97 Å². The summed E-state index contributed by atoms with van der Waals surface area (Å²) in [6, 6.07) is 1.83. The highest BCUT2D eigenvalue weighted by molar-refractivity contribution is 7.12. The van der Waals surface area contributed by atoms with Crippen molar-refractivity contribution >= 4 is 17.3 Å². The normalized spacial score (nSPS) is 10.4. The molecule has 0 aliphatic carbocycles. The highest BCUT2D eigenvalue weighted by Crippen LogP contribution is 2.22. The molecule has 2 aromatic rings. The van der Waals surface area contributed by atoms with Crippen LogP contribution in [0.25, 0.3) is 5.69 Å². The number of aromatic nitrogens is 3. The van der Waals surface area contributed by atoms with Crippen molar-refractivity contribution in [3.05, 3.63) is 27.7 Å². The number of aryl methyl sites for hydroxylation is 1. The van der Waals surface area contributed by atoms with Gasteiger partial charge in [0, 0.05) is 0 Å². The summed E-state index contributed by atoms with van der Waals surface area (Å²) in [6.45, 7) is 3.79. The van der Waals surface area contributed by atoms with Crippen molar-refractivity contribution < 1.29 is 9.53 Å². The number of carbonyl (C=O) groups excluding carboxylic acids is 1. The number of esters is 1. The standard InChI is InChI=1S/C10H11N3O2S/c1-6-7(2)13(12-11-6)8-4-5-16-9(8)10(14)15-3/h4-5H,1-3H3. The van der Waals surface area contributed by atoms with Crippen LogP contribution in [0.1, 0.15) is 21.1 Å². The highest BCUT2D eigenvalue weighted by Gasteiger charge is 2.17. The zero-order chi connectivity index (χ0) is 11.7. The van der Waals surface area contributed by atoms with Gasteiger partial charge in [-0.2, -0.15) is 0 Å². The minimum Gasteiger partial charge on any atom is -0.465 e. The Kier molecular flexibility index (Phi) is 2.74. The topological polar surface area (TPSA) is 57.0 Å². The molecule has 0 N–H and O–H groups in total. The van der Waals surface area contributed by atoms with Crippen molar-refractivity contribution in [2.75, 3.05) is 7.11 Å². The highest BCUT2D eigenvalue weighted by atomic mass is 32.1. The second-order valence-electron chi connectivity index (χ2n) is 3.30. The van der Waals surface area contributed by atoms with Gasteiger partial charge in [-0.1, -0.05) is 5.21 Å². The first-order chi connectivity index (χ1) is 7.65. The summed E-state index contributed by atoms with van der Waals surface area (Å²) >= 11 is 1.33. The summed E-state index contributed by atoms with van der Waals surface area (Å²) in [5.41, 5.74) is 2.49. The summed E-state index contributed by atoms with van der Waals surface area (Å²) in [7, 11) is 1.37. The van der Waals surface area contributed by atoms with Crippen LogP contribution in [0.4, 0.5) is 0 Å². The fourth-order valence-corrected chi connectivity index (χ4v) is 2.14. The molecule has 2 rings (SSSR count). The molecule has 0 saturated heterocycles. The number of nitrogens with zero attached hydrogens (tertiary/aromatic N) is 3. The molecule has 0 aromatic carbocycles. The Morgan fingerprint density at radius 3 is 2.81 bits per heavy atom. The Bertz CT molecular complexity index is 530. The lowest BCUT2D eigenvalue weighted by atomic mass is 10.3. The lowest BCUT2D eigenvalue weighted by Gasteiger charge is -2.03. The van der Waals surface area contributed by atoms with E-state index in [0.717, 1.165) is 17.1 Å². The molecule has 0 fully saturated rings. The van der Waals surface area contributed by atoms with Crippen molar-refractivity contribution in [2.45, 2.75) is 13.8 Å². The number of hydrogen-bond acceptors (Lipinski definition) is 5. The molecule has 0 amide bonds. The first-order valence-electron chi connectivity index (χ1n) is 4.70. The van der Waals surface area contributed by atoms with E-state index in [-0.39, 0.29) is 5.97 Å². The molecule has 0 bridgehead atoms. The van der Waals surface area contributed by atoms with Gasteiger partial charge in [0.25, 0.3) is 0 Å². The Morgan fingerprint density at radius 2 is 2.25 bits per heavy atom. The van der Waals surface area contributed by atoms with Gasteiger partial charge in [0.05, 0.1) is 24.2 Å². The smallest absolute Gasteiger partial charge is 0.350 e. The molecule has 16 heavy (non-hydrogen) atoms. The minimum atomic E-state index is -0.349. The van der Waals surface area contributed by atoms with E-state index in [1.54, 1.807) is 4.68 Å². The molecule has 0 aliphatic rings. The van der Waals surface area contributed by atoms with Crippen molar-refractivity contribution in [2.24, 2.45) is 0 Å². The van der Waals surface area contributed by atoms with E-state index in [1.807, 2.05) is 25.3 Å². The predicted molar refractivity (Wildman–Crippen MR) is 60.0 cm³/mol. The molecule has 0 aliphatic heterocycles. The number of methoxy groups -OCH3 is 1. The summed E-state index contributed by atoms with van der Waals surface area (Å²) in [4.78, 5) is 12.1. The van der Waals surface area contributed by atoms with E-state index in [4.69, 9.17) is 4.74 Å². The molecule has 2 aromatic heterocycles. The maximum atomic E-state index is 11.5. The van der Waals surface area contributed by atoms with Gasteiger partial charge in [-0.15, -0.1) is 16.4 Å². The van der Waals surface area contributed by atoms with Crippen LogP contribution >= 0.6 is 11.3 Å². The zero-order valence-corrected chi connectivity index (χ0v) is 10.0. The van der Waals surface area contributed by atoms with Gasteiger partial charge in [0.15, 0.2) is 0 Å². The Balaban J connectivity index is 2.53. The number of carbonyl (C=O) groups is 1. The van der Waals surface area contributed by atoms with E-state index in [1.165, 1.54) is 18.4 Å². The molecule has 0 spiro atoms.